The number of pyridine rings is 1. The Balaban J connectivity index is 2.40. The molecule has 1 aromatic heterocycles. The Morgan fingerprint density at radius 2 is 1.57 bits per heavy atom. The first kappa shape index (κ1) is 9.34. The van der Waals surface area contributed by atoms with Gasteiger partial charge in [0.1, 0.15) is 10.4 Å². The van der Waals surface area contributed by atoms with Gasteiger partial charge in [-0.1, -0.05) is 18.2 Å². The van der Waals surface area contributed by atoms with E-state index in [1.807, 2.05) is 12.1 Å². The molecule has 0 spiro atoms. The smallest absolute Gasteiger partial charge is 0.123 e. The van der Waals surface area contributed by atoms with Crippen molar-refractivity contribution in [2.24, 2.45) is 0 Å². The standard InChI is InChI=1S/C11H7BrFN/c12-11-6-3-9(7-14-11)8-1-4-10(13)5-2-8/h1-7H. The average molecular weight is 252 g/mol. The second-order valence-corrected chi connectivity index (χ2v) is 3.69. The third-order valence-electron chi connectivity index (χ3n) is 1.90. The van der Waals surface area contributed by atoms with Crippen LogP contribution < -0.4 is 0 Å². The maximum atomic E-state index is 12.6. The maximum absolute atomic E-state index is 12.6. The molecule has 0 radical (unpaired) electrons. The van der Waals surface area contributed by atoms with Gasteiger partial charge in [-0.15, -0.1) is 0 Å². The van der Waals surface area contributed by atoms with Crippen LogP contribution in [-0.2, 0) is 0 Å². The highest BCUT2D eigenvalue weighted by atomic mass is 79.9. The number of halogens is 2. The molecule has 0 saturated carbocycles. The molecular weight excluding hydrogens is 245 g/mol. The minimum atomic E-state index is -0.223. The number of hydrogen-bond acceptors (Lipinski definition) is 1. The number of rotatable bonds is 1. The molecule has 0 aliphatic rings. The van der Waals surface area contributed by atoms with E-state index >= 15 is 0 Å². The van der Waals surface area contributed by atoms with Crippen LogP contribution in [0.3, 0.4) is 0 Å². The molecule has 70 valence electrons. The molecule has 0 atom stereocenters. The number of benzene rings is 1. The summed E-state index contributed by atoms with van der Waals surface area (Å²) in [6, 6.07) is 10.2. The summed E-state index contributed by atoms with van der Waals surface area (Å²) in [6.07, 6.45) is 1.75. The van der Waals surface area contributed by atoms with E-state index in [1.54, 1.807) is 18.3 Å². The summed E-state index contributed by atoms with van der Waals surface area (Å²) >= 11 is 3.26. The highest BCUT2D eigenvalue weighted by Gasteiger charge is 1.97. The Hall–Kier alpha value is -1.22. The first-order valence-electron chi connectivity index (χ1n) is 4.13. The molecule has 0 unspecified atom stereocenters. The van der Waals surface area contributed by atoms with Gasteiger partial charge in [0.05, 0.1) is 0 Å². The van der Waals surface area contributed by atoms with Crippen molar-refractivity contribution in [2.75, 3.05) is 0 Å². The maximum Gasteiger partial charge on any atom is 0.123 e. The fourth-order valence-corrected chi connectivity index (χ4v) is 1.42. The van der Waals surface area contributed by atoms with Gasteiger partial charge in [-0.25, -0.2) is 9.37 Å². The van der Waals surface area contributed by atoms with Gasteiger partial charge in [0.2, 0.25) is 0 Å². The van der Waals surface area contributed by atoms with E-state index < -0.39 is 0 Å². The monoisotopic (exact) mass is 251 g/mol. The van der Waals surface area contributed by atoms with Gasteiger partial charge >= 0.3 is 0 Å². The topological polar surface area (TPSA) is 12.9 Å². The van der Waals surface area contributed by atoms with Crippen LogP contribution in [0, 0.1) is 5.82 Å². The Morgan fingerprint density at radius 3 is 2.14 bits per heavy atom. The molecule has 2 aromatic rings. The lowest BCUT2D eigenvalue weighted by Crippen LogP contribution is -1.81. The molecule has 0 bridgehead atoms. The van der Waals surface area contributed by atoms with Gasteiger partial charge < -0.3 is 0 Å². The second kappa shape index (κ2) is 3.88. The van der Waals surface area contributed by atoms with Crippen molar-refractivity contribution in [1.29, 1.82) is 0 Å². The van der Waals surface area contributed by atoms with Crippen molar-refractivity contribution in [1.82, 2.24) is 4.98 Å². The molecule has 0 saturated heterocycles. The molecule has 1 aromatic carbocycles. The number of hydrogen-bond donors (Lipinski definition) is 0. The minimum Gasteiger partial charge on any atom is -0.249 e. The molecule has 14 heavy (non-hydrogen) atoms. The van der Waals surface area contributed by atoms with E-state index in [0.717, 1.165) is 15.7 Å². The highest BCUT2D eigenvalue weighted by Crippen LogP contribution is 2.19. The van der Waals surface area contributed by atoms with Crippen molar-refractivity contribution in [2.45, 2.75) is 0 Å². The zero-order valence-corrected chi connectivity index (χ0v) is 8.83. The van der Waals surface area contributed by atoms with Crippen LogP contribution in [0.1, 0.15) is 0 Å². The van der Waals surface area contributed by atoms with Crippen LogP contribution in [-0.4, -0.2) is 4.98 Å². The van der Waals surface area contributed by atoms with E-state index in [0.29, 0.717) is 0 Å². The molecule has 1 nitrogen and oxygen atoms in total. The van der Waals surface area contributed by atoms with Crippen LogP contribution in [0.4, 0.5) is 4.39 Å². The lowest BCUT2D eigenvalue weighted by molar-refractivity contribution is 0.628. The largest absolute Gasteiger partial charge is 0.249 e. The van der Waals surface area contributed by atoms with Crippen LogP contribution in [0.15, 0.2) is 47.2 Å². The van der Waals surface area contributed by atoms with Crippen LogP contribution in [0.25, 0.3) is 11.1 Å². The van der Waals surface area contributed by atoms with Crippen molar-refractivity contribution >= 4 is 15.9 Å². The summed E-state index contributed by atoms with van der Waals surface area (Å²) in [5.74, 6) is -0.223. The molecule has 0 N–H and O–H groups in total. The Morgan fingerprint density at radius 1 is 0.929 bits per heavy atom. The molecule has 2 rings (SSSR count). The molecule has 3 heteroatoms. The third kappa shape index (κ3) is 1.99. The Bertz CT molecular complexity index is 379. The van der Waals surface area contributed by atoms with Gasteiger partial charge in [-0.05, 0) is 39.7 Å². The van der Waals surface area contributed by atoms with E-state index in [9.17, 15) is 4.39 Å². The van der Waals surface area contributed by atoms with Gasteiger partial charge in [0, 0.05) is 11.8 Å². The quantitative estimate of drug-likeness (QED) is 0.706. The number of nitrogens with zero attached hydrogens (tertiary/aromatic N) is 1. The fraction of sp³-hybridized carbons (Fsp3) is 0. The molecule has 1 heterocycles. The molecule has 0 amide bonds. The van der Waals surface area contributed by atoms with Gasteiger partial charge in [-0.3, -0.25) is 0 Å². The van der Waals surface area contributed by atoms with Crippen molar-refractivity contribution in [3.8, 4) is 11.1 Å². The minimum absolute atomic E-state index is 0.223. The first-order chi connectivity index (χ1) is 6.75. The molecular formula is C11H7BrFN. The Kier molecular flexibility index (Phi) is 2.59. The second-order valence-electron chi connectivity index (χ2n) is 2.88. The normalized spacial score (nSPS) is 10.1. The summed E-state index contributed by atoms with van der Waals surface area (Å²) in [5, 5.41) is 0. The van der Waals surface area contributed by atoms with Crippen LogP contribution in [0.2, 0.25) is 0 Å². The predicted octanol–water partition coefficient (Wildman–Crippen LogP) is 3.65. The van der Waals surface area contributed by atoms with Crippen LogP contribution in [0.5, 0.6) is 0 Å². The summed E-state index contributed by atoms with van der Waals surface area (Å²) in [4.78, 5) is 4.10. The fourth-order valence-electron chi connectivity index (χ4n) is 1.19. The van der Waals surface area contributed by atoms with Gasteiger partial charge in [-0.2, -0.15) is 0 Å². The summed E-state index contributed by atoms with van der Waals surface area (Å²) in [7, 11) is 0. The molecule has 0 aliphatic carbocycles. The predicted molar refractivity (Wildman–Crippen MR) is 57.3 cm³/mol. The third-order valence-corrected chi connectivity index (χ3v) is 2.37. The van der Waals surface area contributed by atoms with E-state index in [4.69, 9.17) is 0 Å². The van der Waals surface area contributed by atoms with Gasteiger partial charge in [0.15, 0.2) is 0 Å². The summed E-state index contributed by atoms with van der Waals surface area (Å²) in [6.45, 7) is 0. The summed E-state index contributed by atoms with van der Waals surface area (Å²) in [5.41, 5.74) is 1.94. The SMILES string of the molecule is Fc1ccc(-c2ccc(Br)nc2)cc1. The summed E-state index contributed by atoms with van der Waals surface area (Å²) < 4.78 is 13.4. The molecule has 0 aliphatic heterocycles. The zero-order chi connectivity index (χ0) is 9.97. The van der Waals surface area contributed by atoms with Crippen molar-refractivity contribution in [3.05, 3.63) is 53.0 Å². The van der Waals surface area contributed by atoms with Crippen molar-refractivity contribution < 1.29 is 4.39 Å². The number of aromatic nitrogens is 1. The average Bonchev–Trinajstić information content (AvgIpc) is 2.21. The first-order valence-corrected chi connectivity index (χ1v) is 4.92. The van der Waals surface area contributed by atoms with Gasteiger partial charge in [0.25, 0.3) is 0 Å². The van der Waals surface area contributed by atoms with E-state index in [-0.39, 0.29) is 5.82 Å². The lowest BCUT2D eigenvalue weighted by atomic mass is 10.1. The van der Waals surface area contributed by atoms with E-state index in [1.165, 1.54) is 12.1 Å². The Labute approximate surface area is 89.7 Å². The van der Waals surface area contributed by atoms with E-state index in [2.05, 4.69) is 20.9 Å². The zero-order valence-electron chi connectivity index (χ0n) is 7.24. The van der Waals surface area contributed by atoms with Crippen molar-refractivity contribution in [3.63, 3.8) is 0 Å². The molecule has 0 fully saturated rings. The lowest BCUT2D eigenvalue weighted by Gasteiger charge is -2.00. The highest BCUT2D eigenvalue weighted by molar-refractivity contribution is 9.10. The van der Waals surface area contributed by atoms with Crippen LogP contribution >= 0.6 is 15.9 Å².